The van der Waals surface area contributed by atoms with Gasteiger partial charge in [-0.05, 0) is 48.1 Å². The highest BCUT2D eigenvalue weighted by molar-refractivity contribution is 6.29. The molecule has 0 saturated heterocycles. The van der Waals surface area contributed by atoms with Crippen molar-refractivity contribution in [3.05, 3.63) is 48.0 Å². The average molecular weight is 397 g/mol. The van der Waals surface area contributed by atoms with Gasteiger partial charge < -0.3 is 14.8 Å². The van der Waals surface area contributed by atoms with Crippen LogP contribution in [0, 0.1) is 0 Å². The van der Waals surface area contributed by atoms with Gasteiger partial charge in [0, 0.05) is 6.42 Å². The van der Waals surface area contributed by atoms with Crippen molar-refractivity contribution >= 4 is 23.9 Å². The number of anilines is 1. The van der Waals surface area contributed by atoms with Gasteiger partial charge in [-0.1, -0.05) is 44.2 Å². The number of ether oxygens (including phenoxy) is 2. The standard InChI is InChI=1S/C23H27NO5/c1-3-12-29-22(27)11-8-13-28-20-15-19(18-9-6-5-7-10-18)14-17(4-2)23(20)24-21(26)16-25/h5-7,9-10,14-16H,3-4,8,11-13H2,1-2H3,(H,24,26). The van der Waals surface area contributed by atoms with Crippen molar-refractivity contribution in [2.75, 3.05) is 18.5 Å². The third-order valence-corrected chi connectivity index (χ3v) is 4.28. The Morgan fingerprint density at radius 2 is 1.79 bits per heavy atom. The van der Waals surface area contributed by atoms with Crippen LogP contribution in [0.25, 0.3) is 11.1 Å². The summed E-state index contributed by atoms with van der Waals surface area (Å²) in [5.74, 6) is -0.516. The number of esters is 1. The molecule has 0 spiro atoms. The average Bonchev–Trinajstić information content (AvgIpc) is 2.76. The van der Waals surface area contributed by atoms with E-state index in [4.69, 9.17) is 9.47 Å². The number of nitrogens with one attached hydrogen (secondary N) is 1. The number of aldehydes is 1. The third-order valence-electron chi connectivity index (χ3n) is 4.28. The van der Waals surface area contributed by atoms with Gasteiger partial charge in [0.05, 0.1) is 18.9 Å². The minimum Gasteiger partial charge on any atom is -0.491 e. The summed E-state index contributed by atoms with van der Waals surface area (Å²) in [7, 11) is 0. The zero-order valence-electron chi connectivity index (χ0n) is 16.9. The molecular weight excluding hydrogens is 370 g/mol. The van der Waals surface area contributed by atoms with Crippen molar-refractivity contribution in [3.63, 3.8) is 0 Å². The van der Waals surface area contributed by atoms with E-state index in [2.05, 4.69) is 5.32 Å². The van der Waals surface area contributed by atoms with E-state index in [-0.39, 0.29) is 25.3 Å². The summed E-state index contributed by atoms with van der Waals surface area (Å²) in [5, 5.41) is 2.61. The number of carbonyl (C=O) groups is 3. The second-order valence-electron chi connectivity index (χ2n) is 6.51. The van der Waals surface area contributed by atoms with Gasteiger partial charge in [-0.15, -0.1) is 0 Å². The summed E-state index contributed by atoms with van der Waals surface area (Å²) in [4.78, 5) is 34.1. The van der Waals surface area contributed by atoms with Crippen LogP contribution in [-0.4, -0.2) is 31.4 Å². The van der Waals surface area contributed by atoms with Crippen LogP contribution in [-0.2, 0) is 25.5 Å². The molecule has 2 rings (SSSR count). The van der Waals surface area contributed by atoms with Crippen LogP contribution >= 0.6 is 0 Å². The van der Waals surface area contributed by atoms with E-state index >= 15 is 0 Å². The number of hydrogen-bond acceptors (Lipinski definition) is 5. The van der Waals surface area contributed by atoms with Gasteiger partial charge in [-0.25, -0.2) is 0 Å². The van der Waals surface area contributed by atoms with Crippen LogP contribution in [0.2, 0.25) is 0 Å². The Balaban J connectivity index is 2.22. The van der Waals surface area contributed by atoms with Gasteiger partial charge in [0.25, 0.3) is 5.91 Å². The van der Waals surface area contributed by atoms with Gasteiger partial charge >= 0.3 is 5.97 Å². The van der Waals surface area contributed by atoms with E-state index in [1.54, 1.807) is 0 Å². The van der Waals surface area contributed by atoms with Crippen molar-refractivity contribution in [1.82, 2.24) is 0 Å². The predicted octanol–water partition coefficient (Wildman–Crippen LogP) is 4.17. The van der Waals surface area contributed by atoms with Crippen LogP contribution in [0.15, 0.2) is 42.5 Å². The minimum atomic E-state index is -0.736. The molecule has 6 nitrogen and oxygen atoms in total. The van der Waals surface area contributed by atoms with Crippen molar-refractivity contribution in [2.45, 2.75) is 39.5 Å². The lowest BCUT2D eigenvalue weighted by molar-refractivity contribution is -0.143. The van der Waals surface area contributed by atoms with Gasteiger partial charge in [-0.2, -0.15) is 0 Å². The quantitative estimate of drug-likeness (QED) is 0.266. The van der Waals surface area contributed by atoms with Gasteiger partial charge in [0.2, 0.25) is 6.29 Å². The minimum absolute atomic E-state index is 0.234. The molecule has 154 valence electrons. The molecule has 2 aromatic carbocycles. The van der Waals surface area contributed by atoms with Crippen LogP contribution in [0.5, 0.6) is 5.75 Å². The second-order valence-corrected chi connectivity index (χ2v) is 6.51. The first-order valence-corrected chi connectivity index (χ1v) is 9.85. The molecule has 0 aliphatic rings. The maximum atomic E-state index is 11.7. The van der Waals surface area contributed by atoms with E-state index in [1.807, 2.05) is 56.3 Å². The van der Waals surface area contributed by atoms with Crippen LogP contribution in [0.3, 0.4) is 0 Å². The molecule has 0 unspecified atom stereocenters. The van der Waals surface area contributed by atoms with Crippen molar-refractivity contribution in [2.24, 2.45) is 0 Å². The molecule has 0 aliphatic carbocycles. The highest BCUT2D eigenvalue weighted by Crippen LogP contribution is 2.35. The molecule has 0 atom stereocenters. The maximum Gasteiger partial charge on any atom is 0.305 e. The van der Waals surface area contributed by atoms with Crippen molar-refractivity contribution in [1.29, 1.82) is 0 Å². The number of carbonyl (C=O) groups excluding carboxylic acids is 3. The Labute approximate surface area is 171 Å². The Morgan fingerprint density at radius 3 is 2.45 bits per heavy atom. The Hall–Kier alpha value is -3.15. The normalized spacial score (nSPS) is 10.3. The van der Waals surface area contributed by atoms with Crippen LogP contribution < -0.4 is 10.1 Å². The molecule has 0 aromatic heterocycles. The predicted molar refractivity (Wildman–Crippen MR) is 112 cm³/mol. The first kappa shape index (κ1) is 22.1. The SMILES string of the molecule is CCCOC(=O)CCCOc1cc(-c2ccccc2)cc(CC)c1NC(=O)C=O. The van der Waals surface area contributed by atoms with Crippen molar-refractivity contribution in [3.8, 4) is 16.9 Å². The summed E-state index contributed by atoms with van der Waals surface area (Å²) in [6, 6.07) is 13.6. The Morgan fingerprint density at radius 1 is 1.03 bits per heavy atom. The lowest BCUT2D eigenvalue weighted by Crippen LogP contribution is -2.15. The monoisotopic (exact) mass is 397 g/mol. The van der Waals surface area contributed by atoms with Crippen molar-refractivity contribution < 1.29 is 23.9 Å². The summed E-state index contributed by atoms with van der Waals surface area (Å²) in [6.45, 7) is 4.61. The number of hydrogen-bond donors (Lipinski definition) is 1. The lowest BCUT2D eigenvalue weighted by atomic mass is 9.99. The summed E-state index contributed by atoms with van der Waals surface area (Å²) in [6.07, 6.45) is 2.41. The summed E-state index contributed by atoms with van der Waals surface area (Å²) < 4.78 is 11.0. The molecule has 0 saturated carbocycles. The van der Waals surface area contributed by atoms with Gasteiger partial charge in [0.1, 0.15) is 5.75 Å². The third kappa shape index (κ3) is 6.75. The summed E-state index contributed by atoms with van der Waals surface area (Å²) >= 11 is 0. The highest BCUT2D eigenvalue weighted by Gasteiger charge is 2.15. The summed E-state index contributed by atoms with van der Waals surface area (Å²) in [5.41, 5.74) is 3.31. The molecule has 1 amide bonds. The zero-order valence-corrected chi connectivity index (χ0v) is 16.9. The molecule has 0 fully saturated rings. The molecule has 0 heterocycles. The molecule has 0 aliphatic heterocycles. The Kier molecular flexibility index (Phi) is 8.89. The van der Waals surface area contributed by atoms with E-state index in [0.717, 1.165) is 23.1 Å². The zero-order chi connectivity index (χ0) is 21.1. The lowest BCUT2D eigenvalue weighted by Gasteiger charge is -2.17. The smallest absolute Gasteiger partial charge is 0.305 e. The fourth-order valence-electron chi connectivity index (χ4n) is 2.84. The Bertz CT molecular complexity index is 833. The van der Waals surface area contributed by atoms with Crippen LogP contribution in [0.4, 0.5) is 5.69 Å². The van der Waals surface area contributed by atoms with E-state index in [0.29, 0.717) is 30.9 Å². The van der Waals surface area contributed by atoms with Gasteiger partial charge in [0.15, 0.2) is 0 Å². The van der Waals surface area contributed by atoms with E-state index < -0.39 is 5.91 Å². The second kappa shape index (κ2) is 11.6. The number of aryl methyl sites for hydroxylation is 1. The number of benzene rings is 2. The fraction of sp³-hybridized carbons (Fsp3) is 0.348. The highest BCUT2D eigenvalue weighted by atomic mass is 16.5. The molecule has 0 bridgehead atoms. The molecular formula is C23H27NO5. The molecule has 6 heteroatoms. The van der Waals surface area contributed by atoms with E-state index in [1.165, 1.54) is 0 Å². The first-order chi connectivity index (χ1) is 14.1. The van der Waals surface area contributed by atoms with Gasteiger partial charge in [-0.3, -0.25) is 14.4 Å². The maximum absolute atomic E-state index is 11.7. The first-order valence-electron chi connectivity index (χ1n) is 9.85. The van der Waals surface area contributed by atoms with E-state index in [9.17, 15) is 14.4 Å². The molecule has 2 aromatic rings. The molecule has 1 N–H and O–H groups in total. The molecule has 29 heavy (non-hydrogen) atoms. The molecule has 0 radical (unpaired) electrons. The number of amides is 1. The largest absolute Gasteiger partial charge is 0.491 e. The van der Waals surface area contributed by atoms with Crippen LogP contribution in [0.1, 0.15) is 38.7 Å². The topological polar surface area (TPSA) is 81.7 Å². The fourth-order valence-corrected chi connectivity index (χ4v) is 2.84. The number of rotatable bonds is 11.